The molecule has 3 heterocycles. The zero-order chi connectivity index (χ0) is 14.1. The van der Waals surface area contributed by atoms with Crippen LogP contribution in [0.4, 0.5) is 0 Å². The SMILES string of the molecule is Cc1noc(C)c1CSc1nc2nccnc2c(=O)[nH]1. The lowest BCUT2D eigenvalue weighted by atomic mass is 10.2. The van der Waals surface area contributed by atoms with Crippen molar-refractivity contribution in [3.05, 3.63) is 39.8 Å². The van der Waals surface area contributed by atoms with Gasteiger partial charge in [0.2, 0.25) is 0 Å². The van der Waals surface area contributed by atoms with Crippen LogP contribution < -0.4 is 5.56 Å². The molecule has 3 rings (SSSR count). The number of rotatable bonds is 3. The van der Waals surface area contributed by atoms with Gasteiger partial charge in [-0.05, 0) is 13.8 Å². The van der Waals surface area contributed by atoms with Crippen molar-refractivity contribution in [3.63, 3.8) is 0 Å². The molecule has 0 bridgehead atoms. The molecular formula is C12H11N5O2S. The quantitative estimate of drug-likeness (QED) is 0.577. The molecule has 0 amide bonds. The number of aromatic amines is 1. The first kappa shape index (κ1) is 12.8. The third-order valence-corrected chi connectivity index (χ3v) is 3.76. The first-order chi connectivity index (χ1) is 9.65. The fourth-order valence-electron chi connectivity index (χ4n) is 1.77. The van der Waals surface area contributed by atoms with Gasteiger partial charge in [0.15, 0.2) is 16.3 Å². The average molecular weight is 289 g/mol. The van der Waals surface area contributed by atoms with E-state index >= 15 is 0 Å². The third kappa shape index (κ3) is 2.29. The topological polar surface area (TPSA) is 97.6 Å². The minimum Gasteiger partial charge on any atom is -0.361 e. The molecule has 0 unspecified atom stereocenters. The van der Waals surface area contributed by atoms with Crippen molar-refractivity contribution in [3.8, 4) is 0 Å². The summed E-state index contributed by atoms with van der Waals surface area (Å²) in [4.78, 5) is 26.8. The molecule has 3 aromatic rings. The second kappa shape index (κ2) is 5.04. The molecule has 1 N–H and O–H groups in total. The molecule has 0 saturated heterocycles. The number of thioether (sulfide) groups is 1. The van der Waals surface area contributed by atoms with Crippen LogP contribution in [-0.2, 0) is 5.75 Å². The van der Waals surface area contributed by atoms with E-state index in [1.54, 1.807) is 0 Å². The highest BCUT2D eigenvalue weighted by Crippen LogP contribution is 2.23. The molecule has 0 atom stereocenters. The number of hydrogen-bond acceptors (Lipinski definition) is 7. The van der Waals surface area contributed by atoms with Crippen LogP contribution in [0.2, 0.25) is 0 Å². The van der Waals surface area contributed by atoms with E-state index in [-0.39, 0.29) is 11.1 Å². The van der Waals surface area contributed by atoms with Crippen LogP contribution >= 0.6 is 11.8 Å². The van der Waals surface area contributed by atoms with E-state index in [0.29, 0.717) is 16.6 Å². The van der Waals surface area contributed by atoms with E-state index in [0.717, 1.165) is 17.0 Å². The first-order valence-electron chi connectivity index (χ1n) is 5.90. The number of hydrogen-bond donors (Lipinski definition) is 1. The monoisotopic (exact) mass is 289 g/mol. The summed E-state index contributed by atoms with van der Waals surface area (Å²) < 4.78 is 5.10. The van der Waals surface area contributed by atoms with Crippen molar-refractivity contribution in [1.82, 2.24) is 25.1 Å². The van der Waals surface area contributed by atoms with Gasteiger partial charge in [-0.1, -0.05) is 16.9 Å². The van der Waals surface area contributed by atoms with Gasteiger partial charge in [-0.25, -0.2) is 15.0 Å². The lowest BCUT2D eigenvalue weighted by molar-refractivity contribution is 0.392. The highest BCUT2D eigenvalue weighted by atomic mass is 32.2. The summed E-state index contributed by atoms with van der Waals surface area (Å²) in [6, 6.07) is 0. The van der Waals surface area contributed by atoms with E-state index in [4.69, 9.17) is 4.52 Å². The van der Waals surface area contributed by atoms with E-state index < -0.39 is 0 Å². The number of aromatic nitrogens is 5. The van der Waals surface area contributed by atoms with Crippen LogP contribution in [0.5, 0.6) is 0 Å². The molecule has 0 aliphatic carbocycles. The van der Waals surface area contributed by atoms with E-state index in [2.05, 4.69) is 25.1 Å². The van der Waals surface area contributed by atoms with Gasteiger partial charge < -0.3 is 4.52 Å². The minimum atomic E-state index is -0.288. The van der Waals surface area contributed by atoms with Gasteiger partial charge in [0.05, 0.1) is 5.69 Å². The molecule has 0 radical (unpaired) electrons. The van der Waals surface area contributed by atoms with Crippen LogP contribution in [0.1, 0.15) is 17.0 Å². The van der Waals surface area contributed by atoms with Crippen molar-refractivity contribution in [1.29, 1.82) is 0 Å². The van der Waals surface area contributed by atoms with E-state index in [1.807, 2.05) is 13.8 Å². The van der Waals surface area contributed by atoms with E-state index in [9.17, 15) is 4.79 Å². The van der Waals surface area contributed by atoms with Crippen molar-refractivity contribution in [2.24, 2.45) is 0 Å². The second-order valence-corrected chi connectivity index (χ2v) is 5.16. The normalized spacial score (nSPS) is 11.1. The smallest absolute Gasteiger partial charge is 0.279 e. The molecule has 7 nitrogen and oxygen atoms in total. The van der Waals surface area contributed by atoms with Gasteiger partial charge in [0, 0.05) is 23.7 Å². The van der Waals surface area contributed by atoms with Gasteiger partial charge in [-0.2, -0.15) is 0 Å². The molecule has 8 heteroatoms. The Kier molecular flexibility index (Phi) is 3.23. The summed E-state index contributed by atoms with van der Waals surface area (Å²) in [6.45, 7) is 3.74. The fourth-order valence-corrected chi connectivity index (χ4v) is 2.78. The first-order valence-corrected chi connectivity index (χ1v) is 6.89. The van der Waals surface area contributed by atoms with Gasteiger partial charge in [-0.15, -0.1) is 0 Å². The van der Waals surface area contributed by atoms with Gasteiger partial charge in [-0.3, -0.25) is 9.78 Å². The molecule has 102 valence electrons. The van der Waals surface area contributed by atoms with Crippen LogP contribution in [0.25, 0.3) is 11.2 Å². The maximum absolute atomic E-state index is 11.9. The standard InChI is InChI=1S/C12H11N5O2S/c1-6-8(7(2)19-17-6)5-20-12-15-10-9(11(18)16-12)13-3-4-14-10/h3-4H,5H2,1-2H3,(H,14,15,16,18). The summed E-state index contributed by atoms with van der Waals surface area (Å²) in [6.07, 6.45) is 2.98. The van der Waals surface area contributed by atoms with Gasteiger partial charge in [0.25, 0.3) is 5.56 Å². The van der Waals surface area contributed by atoms with Crippen molar-refractivity contribution in [2.45, 2.75) is 24.8 Å². The Morgan fingerprint density at radius 3 is 2.85 bits per heavy atom. The Bertz CT molecular complexity index is 807. The summed E-state index contributed by atoms with van der Waals surface area (Å²) in [5.41, 5.74) is 2.16. The van der Waals surface area contributed by atoms with Crippen molar-refractivity contribution < 1.29 is 4.52 Å². The number of aryl methyl sites for hydroxylation is 2. The molecule has 0 aromatic carbocycles. The highest BCUT2D eigenvalue weighted by molar-refractivity contribution is 7.98. The summed E-state index contributed by atoms with van der Waals surface area (Å²) in [7, 11) is 0. The van der Waals surface area contributed by atoms with Crippen LogP contribution in [-0.4, -0.2) is 25.1 Å². The maximum Gasteiger partial charge on any atom is 0.279 e. The van der Waals surface area contributed by atoms with E-state index in [1.165, 1.54) is 24.2 Å². The number of nitrogens with one attached hydrogen (secondary N) is 1. The number of H-pyrrole nitrogens is 1. The predicted octanol–water partition coefficient (Wildman–Crippen LogP) is 1.61. The van der Waals surface area contributed by atoms with Crippen LogP contribution in [0.15, 0.2) is 26.9 Å². The Balaban J connectivity index is 1.90. The van der Waals surface area contributed by atoms with Crippen LogP contribution in [0, 0.1) is 13.8 Å². The number of fused-ring (bicyclic) bond motifs is 1. The molecule has 0 spiro atoms. The molecular weight excluding hydrogens is 278 g/mol. The Morgan fingerprint density at radius 1 is 1.30 bits per heavy atom. The van der Waals surface area contributed by atoms with Crippen molar-refractivity contribution in [2.75, 3.05) is 0 Å². The molecule has 3 aromatic heterocycles. The Labute approximate surface area is 117 Å². The van der Waals surface area contributed by atoms with Gasteiger partial charge in [0.1, 0.15) is 5.76 Å². The summed E-state index contributed by atoms with van der Waals surface area (Å²) in [5, 5.41) is 4.40. The summed E-state index contributed by atoms with van der Waals surface area (Å²) >= 11 is 1.40. The lowest BCUT2D eigenvalue weighted by Gasteiger charge is -2.01. The molecule has 0 aliphatic heterocycles. The summed E-state index contributed by atoms with van der Waals surface area (Å²) in [5.74, 6) is 1.40. The van der Waals surface area contributed by atoms with Crippen LogP contribution in [0.3, 0.4) is 0 Å². The minimum absolute atomic E-state index is 0.245. The molecule has 20 heavy (non-hydrogen) atoms. The third-order valence-electron chi connectivity index (χ3n) is 2.86. The Morgan fingerprint density at radius 2 is 2.10 bits per heavy atom. The average Bonchev–Trinajstić information content (AvgIpc) is 2.76. The lowest BCUT2D eigenvalue weighted by Crippen LogP contribution is -2.11. The highest BCUT2D eigenvalue weighted by Gasteiger charge is 2.11. The second-order valence-electron chi connectivity index (χ2n) is 4.19. The molecule has 0 fully saturated rings. The Hall–Kier alpha value is -2.22. The fraction of sp³-hybridized carbons (Fsp3) is 0.250. The maximum atomic E-state index is 11.9. The molecule has 0 saturated carbocycles. The predicted molar refractivity (Wildman–Crippen MR) is 73.5 cm³/mol. The zero-order valence-electron chi connectivity index (χ0n) is 10.9. The number of nitrogens with zero attached hydrogens (tertiary/aromatic N) is 4. The van der Waals surface area contributed by atoms with Gasteiger partial charge >= 0.3 is 0 Å². The largest absolute Gasteiger partial charge is 0.361 e. The zero-order valence-corrected chi connectivity index (χ0v) is 11.7. The molecule has 0 aliphatic rings. The van der Waals surface area contributed by atoms with Crippen molar-refractivity contribution >= 4 is 22.9 Å².